The summed E-state index contributed by atoms with van der Waals surface area (Å²) in [6, 6.07) is 2.55. The highest BCUT2D eigenvalue weighted by atomic mass is 16.6. The number of carbonyl (C=O) groups is 1. The number of pyridine rings is 1. The molecule has 1 aromatic rings. The van der Waals surface area contributed by atoms with E-state index in [0.29, 0.717) is 0 Å². The Bertz CT molecular complexity index is 456. The normalized spacial score (nSPS) is 10.5. The first-order valence-electron chi connectivity index (χ1n) is 4.30. The minimum Gasteiger partial charge on any atom is -0.501 e. The molecule has 0 unspecified atom stereocenters. The van der Waals surface area contributed by atoms with E-state index in [9.17, 15) is 14.9 Å². The van der Waals surface area contributed by atoms with Gasteiger partial charge in [-0.05, 0) is 28.1 Å². The van der Waals surface area contributed by atoms with Crippen molar-refractivity contribution < 1.29 is 14.8 Å². The number of amides is 1. The fraction of sp³-hybridized carbons (Fsp3) is 0.111. The summed E-state index contributed by atoms with van der Waals surface area (Å²) in [4.78, 5) is 23.7. The Hall–Kier alpha value is -2.44. The van der Waals surface area contributed by atoms with Crippen LogP contribution in [0, 0.1) is 10.1 Å². The molecule has 0 aliphatic rings. The minimum absolute atomic E-state index is 0.0242. The maximum Gasteiger partial charge on any atom is 0.406 e. The van der Waals surface area contributed by atoms with E-state index in [1.54, 1.807) is 0 Å². The molecule has 1 rings (SSSR count). The molecule has 1 aromatic heterocycles. The standard InChI is InChI=1S/C9H9N3O4/c10-8(14)3-1-2-6-4-5-7(13)9(11-6)12(15)16/h1-2,4-5,13H,3H2,(H2,10,14). The minimum atomic E-state index is -0.791. The molecule has 0 aliphatic carbocycles. The molecule has 7 nitrogen and oxygen atoms in total. The summed E-state index contributed by atoms with van der Waals surface area (Å²) in [6.07, 6.45) is 2.87. The summed E-state index contributed by atoms with van der Waals surface area (Å²) < 4.78 is 0. The number of carbonyl (C=O) groups excluding carboxylic acids is 1. The SMILES string of the molecule is NC(=O)CC=Cc1ccc(O)c([N+](=O)[O-])n1. The molecule has 3 N–H and O–H groups in total. The zero-order valence-electron chi connectivity index (χ0n) is 8.16. The van der Waals surface area contributed by atoms with Crippen LogP contribution in [0.3, 0.4) is 0 Å². The van der Waals surface area contributed by atoms with Crippen molar-refractivity contribution in [2.45, 2.75) is 6.42 Å². The Labute approximate surface area is 90.4 Å². The van der Waals surface area contributed by atoms with Crippen LogP contribution >= 0.6 is 0 Å². The number of aromatic nitrogens is 1. The largest absolute Gasteiger partial charge is 0.501 e. The van der Waals surface area contributed by atoms with Crippen molar-refractivity contribution >= 4 is 17.8 Å². The quantitative estimate of drug-likeness (QED) is 0.571. The third-order valence-electron chi connectivity index (χ3n) is 1.66. The Morgan fingerprint density at radius 2 is 2.31 bits per heavy atom. The number of nitrogens with zero attached hydrogens (tertiary/aromatic N) is 2. The van der Waals surface area contributed by atoms with Crippen molar-refractivity contribution in [3.8, 4) is 5.75 Å². The van der Waals surface area contributed by atoms with Gasteiger partial charge in [-0.2, -0.15) is 0 Å². The van der Waals surface area contributed by atoms with E-state index in [1.165, 1.54) is 18.2 Å². The molecule has 0 fully saturated rings. The van der Waals surface area contributed by atoms with E-state index >= 15 is 0 Å². The van der Waals surface area contributed by atoms with Gasteiger partial charge in [0.25, 0.3) is 0 Å². The van der Waals surface area contributed by atoms with Gasteiger partial charge in [0, 0.05) is 6.42 Å². The third kappa shape index (κ3) is 3.05. The number of hydrogen-bond acceptors (Lipinski definition) is 5. The van der Waals surface area contributed by atoms with Crippen LogP contribution in [0.2, 0.25) is 0 Å². The number of nitrogens with two attached hydrogens (primary N) is 1. The van der Waals surface area contributed by atoms with E-state index in [1.807, 2.05) is 0 Å². The summed E-state index contributed by atoms with van der Waals surface area (Å²) in [5.74, 6) is -1.64. The predicted octanol–water partition coefficient (Wildman–Crippen LogP) is 0.584. The van der Waals surface area contributed by atoms with Crippen molar-refractivity contribution in [1.82, 2.24) is 4.98 Å². The van der Waals surface area contributed by atoms with Gasteiger partial charge >= 0.3 is 5.82 Å². The molecule has 1 amide bonds. The molecule has 7 heteroatoms. The number of aromatic hydroxyl groups is 1. The second kappa shape index (κ2) is 4.87. The maximum absolute atomic E-state index is 10.4. The number of hydrogen-bond donors (Lipinski definition) is 2. The third-order valence-corrected chi connectivity index (χ3v) is 1.66. The van der Waals surface area contributed by atoms with Gasteiger partial charge in [-0.15, -0.1) is 0 Å². The molecule has 0 radical (unpaired) electrons. The topological polar surface area (TPSA) is 119 Å². The van der Waals surface area contributed by atoms with Gasteiger partial charge in [0.05, 0.1) is 0 Å². The van der Waals surface area contributed by atoms with E-state index in [-0.39, 0.29) is 12.1 Å². The van der Waals surface area contributed by atoms with E-state index in [2.05, 4.69) is 4.98 Å². The lowest BCUT2D eigenvalue weighted by molar-refractivity contribution is -0.390. The monoisotopic (exact) mass is 223 g/mol. The fourth-order valence-corrected chi connectivity index (χ4v) is 0.979. The number of rotatable bonds is 4. The van der Waals surface area contributed by atoms with Crippen molar-refractivity contribution in [2.75, 3.05) is 0 Å². The van der Waals surface area contributed by atoms with Gasteiger partial charge in [-0.25, -0.2) is 0 Å². The van der Waals surface area contributed by atoms with Gasteiger partial charge in [0.1, 0.15) is 0 Å². The van der Waals surface area contributed by atoms with Crippen molar-refractivity contribution in [3.63, 3.8) is 0 Å². The second-order valence-electron chi connectivity index (χ2n) is 2.91. The second-order valence-corrected chi connectivity index (χ2v) is 2.91. The molecule has 0 atom stereocenters. The average Bonchev–Trinajstić information content (AvgIpc) is 2.19. The summed E-state index contributed by atoms with van der Waals surface area (Å²) in [5, 5.41) is 19.6. The van der Waals surface area contributed by atoms with Crippen LogP contribution in [0.1, 0.15) is 12.1 Å². The van der Waals surface area contributed by atoms with Crippen LogP contribution in [0.25, 0.3) is 6.08 Å². The van der Waals surface area contributed by atoms with Crippen molar-refractivity contribution in [2.24, 2.45) is 5.73 Å². The van der Waals surface area contributed by atoms with Gasteiger partial charge in [0.15, 0.2) is 5.69 Å². The van der Waals surface area contributed by atoms with Crippen LogP contribution in [-0.2, 0) is 4.79 Å². The zero-order valence-corrected chi connectivity index (χ0v) is 8.16. The molecule has 0 saturated carbocycles. The van der Waals surface area contributed by atoms with Gasteiger partial charge < -0.3 is 21.0 Å². The highest BCUT2D eigenvalue weighted by molar-refractivity contribution is 5.76. The van der Waals surface area contributed by atoms with Crippen LogP contribution < -0.4 is 5.73 Å². The fourth-order valence-electron chi connectivity index (χ4n) is 0.979. The zero-order chi connectivity index (χ0) is 12.1. The average molecular weight is 223 g/mol. The molecular formula is C9H9N3O4. The molecule has 0 aliphatic heterocycles. The van der Waals surface area contributed by atoms with E-state index < -0.39 is 22.4 Å². The first kappa shape index (κ1) is 11.6. The molecule has 0 bridgehead atoms. The summed E-state index contributed by atoms with van der Waals surface area (Å²) in [7, 11) is 0. The van der Waals surface area contributed by atoms with E-state index in [0.717, 1.165) is 6.07 Å². The molecule has 16 heavy (non-hydrogen) atoms. The van der Waals surface area contributed by atoms with Crippen LogP contribution in [0.4, 0.5) is 5.82 Å². The van der Waals surface area contributed by atoms with Crippen LogP contribution in [0.15, 0.2) is 18.2 Å². The molecule has 1 heterocycles. The lowest BCUT2D eigenvalue weighted by Gasteiger charge is -1.95. The van der Waals surface area contributed by atoms with E-state index in [4.69, 9.17) is 10.8 Å². The Morgan fingerprint density at radius 3 is 2.88 bits per heavy atom. The summed E-state index contributed by atoms with van der Waals surface area (Å²) in [6.45, 7) is 0. The number of primary amides is 1. The Balaban J connectivity index is 2.91. The van der Waals surface area contributed by atoms with Gasteiger partial charge in [-0.1, -0.05) is 6.08 Å². The summed E-state index contributed by atoms with van der Waals surface area (Å²) >= 11 is 0. The lowest BCUT2D eigenvalue weighted by Crippen LogP contribution is -2.07. The summed E-state index contributed by atoms with van der Waals surface area (Å²) in [5.41, 5.74) is 5.17. The van der Waals surface area contributed by atoms with Crippen LogP contribution in [-0.4, -0.2) is 20.9 Å². The van der Waals surface area contributed by atoms with Crippen LogP contribution in [0.5, 0.6) is 5.75 Å². The highest BCUT2D eigenvalue weighted by Gasteiger charge is 2.15. The van der Waals surface area contributed by atoms with Crippen molar-refractivity contribution in [3.05, 3.63) is 34.0 Å². The number of nitro groups is 1. The maximum atomic E-state index is 10.4. The molecule has 84 valence electrons. The first-order chi connectivity index (χ1) is 7.50. The Morgan fingerprint density at radius 1 is 1.62 bits per heavy atom. The van der Waals surface area contributed by atoms with Gasteiger partial charge in [-0.3, -0.25) is 4.79 Å². The lowest BCUT2D eigenvalue weighted by atomic mass is 10.3. The van der Waals surface area contributed by atoms with Crippen molar-refractivity contribution in [1.29, 1.82) is 0 Å². The van der Waals surface area contributed by atoms with Gasteiger partial charge in [0.2, 0.25) is 11.7 Å². The molecule has 0 saturated heterocycles. The Kier molecular flexibility index (Phi) is 3.54. The highest BCUT2D eigenvalue weighted by Crippen LogP contribution is 2.22. The molecular weight excluding hydrogens is 214 g/mol. The predicted molar refractivity (Wildman–Crippen MR) is 55.4 cm³/mol. The first-order valence-corrected chi connectivity index (χ1v) is 4.30. The molecule has 0 spiro atoms. The molecule has 0 aromatic carbocycles. The smallest absolute Gasteiger partial charge is 0.406 e.